The number of aromatic nitrogens is 2. The molecule has 0 spiro atoms. The van der Waals surface area contributed by atoms with Gasteiger partial charge in [-0.05, 0) is 49.0 Å². The minimum absolute atomic E-state index is 0. The van der Waals surface area contributed by atoms with Crippen LogP contribution in [0.3, 0.4) is 0 Å². The maximum Gasteiger partial charge on any atom is 2.00 e. The summed E-state index contributed by atoms with van der Waals surface area (Å²) in [6.07, 6.45) is 0. The van der Waals surface area contributed by atoms with Crippen LogP contribution >= 0.6 is 0 Å². The molecular weight excluding hydrogens is 863 g/mol. The van der Waals surface area contributed by atoms with Gasteiger partial charge in [0, 0.05) is 50.3 Å². The standard InChI is InChI=1S/C23H22N3.C22H19N2.CH5N.CH4.3CH3.ClH.Mg.Sn/c1-25(2)17-10-12-21-19(14-17)23(16-8-6-5-7-9-16)20-15-18(26(3)4)11-13-22(20)24-21;1-15-9-11-20-18(13-15)22(16-7-5-4-6-8-16)19-14-17(24(2)3)10-12-21(19)23-20;1-2;;;;;;;/h6-15H,1-4H3;5-14H,1-3H3;2H2,1H3;1H4;3*1H3;1H;;/q-1;;;;;;;;+2;/p-1/i;;;;;;;;;1+0. The number of hydrogen-bond donors (Lipinski definition) is 1. The predicted molar refractivity (Wildman–Crippen MR) is 262 cm³/mol. The predicted octanol–water partition coefficient (Wildman–Crippen LogP) is 7.80. The molecule has 0 aliphatic rings. The Bertz CT molecular complexity index is 2570. The monoisotopic (exact) mass is 921 g/mol. The summed E-state index contributed by atoms with van der Waals surface area (Å²) in [4.78, 5) is 23.7. The van der Waals surface area contributed by atoms with E-state index in [4.69, 9.17) is 9.97 Å². The molecule has 0 radical (unpaired) electrons. The fraction of sp³-hybridized carbons (Fsp3) is 0.240. The van der Waals surface area contributed by atoms with Gasteiger partial charge in [-0.2, -0.15) is 30.3 Å². The number of nitrogens with zero attached hydrogens (tertiary/aromatic N) is 5. The Balaban J connectivity index is 0.000000289. The first-order valence-electron chi connectivity index (χ1n) is 19.2. The zero-order chi connectivity index (χ0) is 40.3. The topological polar surface area (TPSA) is 61.5 Å². The Hall–Kier alpha value is -4.13. The van der Waals surface area contributed by atoms with Crippen LogP contribution in [-0.4, -0.2) is 101 Å². The molecule has 8 rings (SSSR count). The van der Waals surface area contributed by atoms with Gasteiger partial charge in [0.1, 0.15) is 0 Å². The van der Waals surface area contributed by atoms with Crippen molar-refractivity contribution in [1.82, 2.24) is 9.97 Å². The van der Waals surface area contributed by atoms with Crippen LogP contribution in [0.4, 0.5) is 17.1 Å². The van der Waals surface area contributed by atoms with Crippen molar-refractivity contribution in [2.24, 2.45) is 5.73 Å². The van der Waals surface area contributed by atoms with Crippen LogP contribution in [0.1, 0.15) is 13.0 Å². The van der Waals surface area contributed by atoms with E-state index in [-0.39, 0.29) is 42.9 Å². The van der Waals surface area contributed by atoms with Gasteiger partial charge in [0.15, 0.2) is 0 Å². The maximum absolute atomic E-state index is 4.95. The molecule has 0 aliphatic carbocycles. The smallest absolute Gasteiger partial charge is 1.00 e. The number of fused-ring (bicyclic) bond motifs is 4. The summed E-state index contributed by atoms with van der Waals surface area (Å²) in [5.41, 5.74) is 18.4. The van der Waals surface area contributed by atoms with Gasteiger partial charge in [-0.15, -0.1) is 5.56 Å². The fourth-order valence-electron chi connectivity index (χ4n) is 7.11. The normalized spacial score (nSPS) is 10.6. The second-order valence-corrected chi connectivity index (χ2v) is 30.4. The number of nitrogens with two attached hydrogens (primary N) is 1. The summed E-state index contributed by atoms with van der Waals surface area (Å²) >= 11 is -2.07. The molecule has 0 fully saturated rings. The molecule has 6 nitrogen and oxygen atoms in total. The van der Waals surface area contributed by atoms with Crippen LogP contribution in [0.5, 0.6) is 0 Å². The summed E-state index contributed by atoms with van der Waals surface area (Å²) in [5, 5.41) is 4.79. The van der Waals surface area contributed by atoms with Crippen LogP contribution < -0.4 is 36.4 Å². The van der Waals surface area contributed by atoms with E-state index in [1.807, 2.05) is 12.1 Å². The van der Waals surface area contributed by atoms with Gasteiger partial charge in [-0.25, -0.2) is 4.98 Å². The van der Waals surface area contributed by atoms with Crippen LogP contribution in [-0.2, 0) is 0 Å². The molecular formula is C50H59ClMgN6Sn. The summed E-state index contributed by atoms with van der Waals surface area (Å²) in [5.74, 6) is 0. The second-order valence-electron chi connectivity index (χ2n) is 15.9. The first kappa shape index (κ1) is 49.2. The molecule has 0 bridgehead atoms. The van der Waals surface area contributed by atoms with Crippen LogP contribution in [0.15, 0.2) is 121 Å². The Kier molecular flexibility index (Phi) is 17.4. The number of halogens is 1. The fourth-order valence-corrected chi connectivity index (χ4v) is 10.4. The van der Waals surface area contributed by atoms with Crippen molar-refractivity contribution in [3.05, 3.63) is 133 Å². The van der Waals surface area contributed by atoms with Gasteiger partial charge in [-0.1, -0.05) is 7.43 Å². The van der Waals surface area contributed by atoms with E-state index in [0.717, 1.165) is 22.1 Å². The van der Waals surface area contributed by atoms with E-state index >= 15 is 0 Å². The molecule has 2 heterocycles. The molecule has 0 amide bonds. The van der Waals surface area contributed by atoms with E-state index in [9.17, 15) is 0 Å². The Labute approximate surface area is 379 Å². The van der Waals surface area contributed by atoms with Gasteiger partial charge >= 0.3 is 196 Å². The van der Waals surface area contributed by atoms with Crippen molar-refractivity contribution in [3.63, 3.8) is 0 Å². The molecule has 9 heteroatoms. The Morgan fingerprint density at radius 2 is 0.831 bits per heavy atom. The van der Waals surface area contributed by atoms with Gasteiger partial charge in [-0.3, -0.25) is 0 Å². The van der Waals surface area contributed by atoms with Gasteiger partial charge in [0.2, 0.25) is 0 Å². The zero-order valence-electron chi connectivity index (χ0n) is 35.9. The minimum Gasteiger partial charge on any atom is -1.00 e. The summed E-state index contributed by atoms with van der Waals surface area (Å²) in [6.45, 7) is 2.15. The van der Waals surface area contributed by atoms with Crippen LogP contribution in [0.25, 0.3) is 65.9 Å². The summed E-state index contributed by atoms with van der Waals surface area (Å²) in [6, 6.07) is 46.7. The molecule has 6 aromatic carbocycles. The van der Waals surface area contributed by atoms with E-state index in [1.54, 1.807) is 3.58 Å². The van der Waals surface area contributed by atoms with Gasteiger partial charge in [0.25, 0.3) is 0 Å². The average Bonchev–Trinajstić information content (AvgIpc) is 3.19. The second kappa shape index (κ2) is 20.9. The SMILES string of the molecule is C.CN.CN(C)c1ccc2nc3ccc(N(C)C)cc3c(-c3cc[c-]cc3)c2c1.Cc1ccc2nc3ccc(N(C)C)cc3c(-c3cc[c]([119Sn]([CH3])([CH3])[CH3])cc3)c2c1.[Cl-].[Mg+2]. The number of benzene rings is 6. The van der Waals surface area contributed by atoms with Crippen molar-refractivity contribution < 1.29 is 12.4 Å². The van der Waals surface area contributed by atoms with Crippen LogP contribution in [0.2, 0.25) is 14.8 Å². The van der Waals surface area contributed by atoms with Crippen molar-refractivity contribution in [1.29, 1.82) is 0 Å². The van der Waals surface area contributed by atoms with Gasteiger partial charge < -0.3 is 27.9 Å². The molecule has 0 saturated carbocycles. The minimum atomic E-state index is -2.07. The number of pyridine rings is 2. The molecule has 2 N–H and O–H groups in total. The maximum atomic E-state index is 4.95. The number of rotatable bonds is 6. The van der Waals surface area contributed by atoms with Crippen molar-refractivity contribution in [2.45, 2.75) is 29.2 Å². The number of anilines is 3. The number of hydrogen-bond acceptors (Lipinski definition) is 6. The Morgan fingerprint density at radius 3 is 1.19 bits per heavy atom. The van der Waals surface area contributed by atoms with Crippen molar-refractivity contribution in [2.75, 3.05) is 64.0 Å². The first-order valence-corrected chi connectivity index (χ1v) is 29.2. The van der Waals surface area contributed by atoms with E-state index < -0.39 is 18.4 Å². The largest absolute Gasteiger partial charge is 2.00 e. The third-order valence-corrected chi connectivity index (χ3v) is 16.1. The molecule has 302 valence electrons. The third kappa shape index (κ3) is 10.8. The molecule has 0 saturated heterocycles. The molecule has 0 atom stereocenters. The zero-order valence-corrected chi connectivity index (χ0v) is 41.0. The summed E-state index contributed by atoms with van der Waals surface area (Å²) < 4.78 is 1.56. The molecule has 0 unspecified atom stereocenters. The van der Waals surface area contributed by atoms with Crippen molar-refractivity contribution in [3.8, 4) is 22.3 Å². The van der Waals surface area contributed by atoms with Crippen LogP contribution in [0, 0.1) is 13.0 Å². The quantitative estimate of drug-likeness (QED) is 0.105. The molecule has 2 aromatic heterocycles. The van der Waals surface area contributed by atoms with E-state index in [1.165, 1.54) is 73.5 Å². The molecule has 0 aliphatic heterocycles. The first-order chi connectivity index (χ1) is 26.8. The van der Waals surface area contributed by atoms with Gasteiger partial charge in [0.05, 0.1) is 11.0 Å². The Morgan fingerprint density at radius 1 is 0.492 bits per heavy atom. The van der Waals surface area contributed by atoms with Crippen molar-refractivity contribution >= 4 is 106 Å². The summed E-state index contributed by atoms with van der Waals surface area (Å²) in [7, 11) is 13.9. The van der Waals surface area contributed by atoms with E-state index in [2.05, 4.69) is 200 Å². The van der Waals surface area contributed by atoms with E-state index in [0.29, 0.717) is 0 Å². The third-order valence-electron chi connectivity index (χ3n) is 10.2. The molecule has 59 heavy (non-hydrogen) atoms. The number of aryl methyl sites for hydroxylation is 1. The molecule has 8 aromatic rings. The average molecular weight is 923 g/mol.